The fraction of sp³-hybridized carbons (Fsp3) is 0.200. The third-order valence-electron chi connectivity index (χ3n) is 10.0. The lowest BCUT2D eigenvalue weighted by Crippen LogP contribution is -1.99. The van der Waals surface area contributed by atoms with Gasteiger partial charge in [-0.3, -0.25) is 0 Å². The summed E-state index contributed by atoms with van der Waals surface area (Å²) in [5, 5.41) is 4.07. The van der Waals surface area contributed by atoms with Crippen molar-refractivity contribution in [3.8, 4) is 22.3 Å². The minimum absolute atomic E-state index is 0.404. The van der Waals surface area contributed by atoms with Gasteiger partial charge < -0.3 is 0 Å². The molecule has 1 aliphatic rings. The highest BCUT2D eigenvalue weighted by molar-refractivity contribution is 7.20. The van der Waals surface area contributed by atoms with Crippen molar-refractivity contribution in [2.45, 2.75) is 59.3 Å². The van der Waals surface area contributed by atoms with Gasteiger partial charge in [0.05, 0.1) is 0 Å². The van der Waals surface area contributed by atoms with Crippen molar-refractivity contribution < 1.29 is 0 Å². The van der Waals surface area contributed by atoms with E-state index < -0.39 is 0 Å². The molecule has 0 N–H and O–H groups in total. The van der Waals surface area contributed by atoms with Crippen molar-refractivity contribution in [2.24, 2.45) is 0 Å². The van der Waals surface area contributed by atoms with Crippen LogP contribution in [0.15, 0.2) is 121 Å². The first-order valence-electron chi connectivity index (χ1n) is 16.7. The molecule has 0 spiro atoms. The first kappa shape index (κ1) is 30.2. The summed E-state index contributed by atoms with van der Waals surface area (Å²) in [6, 6.07) is 36.4. The van der Waals surface area contributed by atoms with Crippen molar-refractivity contribution in [1.29, 1.82) is 0 Å². The van der Waals surface area contributed by atoms with Crippen molar-refractivity contribution in [2.75, 3.05) is 0 Å². The maximum Gasteiger partial charge on any atom is 0.0390 e. The highest BCUT2D eigenvalue weighted by atomic mass is 32.1. The molecule has 6 aromatic rings. The van der Waals surface area contributed by atoms with Gasteiger partial charge in [0.15, 0.2) is 0 Å². The topological polar surface area (TPSA) is 0 Å². The van der Waals surface area contributed by atoms with Crippen LogP contribution in [0.4, 0.5) is 0 Å². The molecule has 1 heteroatoms. The molecule has 0 bridgehead atoms. The summed E-state index contributed by atoms with van der Waals surface area (Å²) in [4.78, 5) is 1.37. The van der Waals surface area contributed by atoms with E-state index in [0.29, 0.717) is 11.8 Å². The molecular formula is C45H42S. The Kier molecular flexibility index (Phi) is 8.36. The first-order chi connectivity index (χ1) is 22.5. The van der Waals surface area contributed by atoms with Crippen LogP contribution in [0.2, 0.25) is 0 Å². The lowest BCUT2D eigenvalue weighted by atomic mass is 9.85. The summed E-state index contributed by atoms with van der Waals surface area (Å²) < 4.78 is 1.43. The normalized spacial score (nSPS) is 15.6. The van der Waals surface area contributed by atoms with Gasteiger partial charge in [-0.25, -0.2) is 0 Å². The molecule has 228 valence electrons. The second kappa shape index (κ2) is 12.7. The number of aryl methyl sites for hydroxylation is 2. The van der Waals surface area contributed by atoms with Crippen LogP contribution in [0.5, 0.6) is 0 Å². The molecular weight excluding hydrogens is 573 g/mol. The van der Waals surface area contributed by atoms with Crippen molar-refractivity contribution in [1.82, 2.24) is 0 Å². The zero-order valence-corrected chi connectivity index (χ0v) is 28.4. The Balaban J connectivity index is 1.19. The van der Waals surface area contributed by atoms with Gasteiger partial charge in [-0.05, 0) is 117 Å². The van der Waals surface area contributed by atoms with E-state index in [4.69, 9.17) is 0 Å². The lowest BCUT2D eigenvalue weighted by Gasteiger charge is -2.19. The van der Waals surface area contributed by atoms with Gasteiger partial charge in [0.1, 0.15) is 0 Å². The molecule has 1 aliphatic carbocycles. The molecule has 2 atom stereocenters. The summed E-state index contributed by atoms with van der Waals surface area (Å²) in [5.74, 6) is 0.923. The zero-order valence-electron chi connectivity index (χ0n) is 27.6. The molecule has 0 aliphatic heterocycles. The molecule has 1 heterocycles. The standard InChI is InChI=1S/C45H42S/c1-6-12-43-31(5)37-15-10-16-39(45(37)46-43)35-26-22-33(23-27-35)32-20-24-34(25-21-32)38-28-19-30(4)44-41(38)17-11-18-42(44)40-14-9-8-13-36(40)29(3)7-2/h6,8-26,28-29,35H,7,27H2,1-5H3/b12-6-. The third-order valence-corrected chi connectivity index (χ3v) is 11.3. The molecule has 7 rings (SSSR count). The van der Waals surface area contributed by atoms with Crippen molar-refractivity contribution >= 4 is 43.8 Å². The van der Waals surface area contributed by atoms with Gasteiger partial charge in [0, 0.05) is 15.5 Å². The van der Waals surface area contributed by atoms with Gasteiger partial charge in [-0.15, -0.1) is 11.3 Å². The van der Waals surface area contributed by atoms with E-state index in [2.05, 4.69) is 162 Å². The highest BCUT2D eigenvalue weighted by Crippen LogP contribution is 2.42. The van der Waals surface area contributed by atoms with E-state index in [9.17, 15) is 0 Å². The zero-order chi connectivity index (χ0) is 31.8. The quantitative estimate of drug-likeness (QED) is 0.168. The number of hydrogen-bond donors (Lipinski definition) is 0. The maximum atomic E-state index is 2.42. The van der Waals surface area contributed by atoms with Crippen molar-refractivity contribution in [3.63, 3.8) is 0 Å². The second-order valence-corrected chi connectivity index (χ2v) is 13.9. The maximum absolute atomic E-state index is 2.42. The van der Waals surface area contributed by atoms with E-state index in [0.717, 1.165) is 12.8 Å². The van der Waals surface area contributed by atoms with E-state index >= 15 is 0 Å². The second-order valence-electron chi connectivity index (χ2n) is 12.8. The van der Waals surface area contributed by atoms with E-state index in [1.165, 1.54) is 81.4 Å². The van der Waals surface area contributed by atoms with Gasteiger partial charge in [0.25, 0.3) is 0 Å². The van der Waals surface area contributed by atoms with E-state index in [-0.39, 0.29) is 0 Å². The van der Waals surface area contributed by atoms with Crippen molar-refractivity contribution in [3.05, 3.63) is 154 Å². The predicted molar refractivity (Wildman–Crippen MR) is 204 cm³/mol. The van der Waals surface area contributed by atoms with Gasteiger partial charge in [0.2, 0.25) is 0 Å². The van der Waals surface area contributed by atoms with Gasteiger partial charge in [-0.1, -0.05) is 135 Å². The Morgan fingerprint density at radius 1 is 0.783 bits per heavy atom. The van der Waals surface area contributed by atoms with Crippen LogP contribution in [0.1, 0.15) is 78.1 Å². The van der Waals surface area contributed by atoms with Crippen LogP contribution < -0.4 is 0 Å². The molecule has 0 radical (unpaired) electrons. The van der Waals surface area contributed by atoms with Crippen LogP contribution in [-0.2, 0) is 0 Å². The number of allylic oxidation sites excluding steroid dienone is 5. The van der Waals surface area contributed by atoms with Crippen LogP contribution in [0, 0.1) is 13.8 Å². The Morgan fingerprint density at radius 2 is 1.52 bits per heavy atom. The van der Waals surface area contributed by atoms with Crippen LogP contribution >= 0.6 is 11.3 Å². The molecule has 0 saturated heterocycles. The fourth-order valence-corrected chi connectivity index (χ4v) is 8.60. The molecule has 0 amide bonds. The molecule has 1 aromatic heterocycles. The Morgan fingerprint density at radius 3 is 2.28 bits per heavy atom. The van der Waals surface area contributed by atoms with E-state index in [1.807, 2.05) is 11.3 Å². The third kappa shape index (κ3) is 5.37. The largest absolute Gasteiger partial charge is 0.135 e. The van der Waals surface area contributed by atoms with Crippen LogP contribution in [-0.4, -0.2) is 0 Å². The Bertz CT molecular complexity index is 2150. The fourth-order valence-electron chi connectivity index (χ4n) is 7.24. The minimum atomic E-state index is 0.404. The highest BCUT2D eigenvalue weighted by Gasteiger charge is 2.19. The summed E-state index contributed by atoms with van der Waals surface area (Å²) in [6.07, 6.45) is 13.7. The van der Waals surface area contributed by atoms with Gasteiger partial charge in [-0.2, -0.15) is 0 Å². The van der Waals surface area contributed by atoms with Crippen LogP contribution in [0.3, 0.4) is 0 Å². The number of thiophene rings is 1. The molecule has 46 heavy (non-hydrogen) atoms. The average molecular weight is 615 g/mol. The SMILES string of the molecule is C/C=C\c1sc2c(C3C=CC(c4ccc(-c5ccc(C)c6c(-c7ccccc7C(C)CC)cccc56)cc4)=CC3)cccc2c1C. The summed E-state index contributed by atoms with van der Waals surface area (Å²) in [5.41, 5.74) is 13.4. The summed E-state index contributed by atoms with van der Waals surface area (Å²) >= 11 is 1.93. The van der Waals surface area contributed by atoms with Gasteiger partial charge >= 0.3 is 0 Å². The predicted octanol–water partition coefficient (Wildman–Crippen LogP) is 13.7. The summed E-state index contributed by atoms with van der Waals surface area (Å²) in [6.45, 7) is 11.2. The Labute approximate surface area is 278 Å². The molecule has 5 aromatic carbocycles. The Hall–Kier alpha value is -4.46. The number of benzene rings is 5. The van der Waals surface area contributed by atoms with Crippen LogP contribution in [0.25, 0.3) is 54.8 Å². The molecule has 0 nitrogen and oxygen atoms in total. The monoisotopic (exact) mass is 614 g/mol. The van der Waals surface area contributed by atoms with E-state index in [1.54, 1.807) is 0 Å². The smallest absolute Gasteiger partial charge is 0.0390 e. The number of hydrogen-bond acceptors (Lipinski definition) is 1. The average Bonchev–Trinajstić information content (AvgIpc) is 3.43. The first-order valence-corrected chi connectivity index (χ1v) is 17.6. The molecule has 0 fully saturated rings. The minimum Gasteiger partial charge on any atom is -0.135 e. The number of rotatable bonds is 7. The summed E-state index contributed by atoms with van der Waals surface area (Å²) in [7, 11) is 0. The molecule has 0 saturated carbocycles. The molecule has 2 unspecified atom stereocenters. The lowest BCUT2D eigenvalue weighted by molar-refractivity contribution is 0.735. The number of fused-ring (bicyclic) bond motifs is 2.